The molecule has 0 bridgehead atoms. The first-order chi connectivity index (χ1) is 9.88. The first kappa shape index (κ1) is 14.9. The van der Waals surface area contributed by atoms with Crippen LogP contribution in [0.2, 0.25) is 5.02 Å². The minimum absolute atomic E-state index is 0.241. The number of halogens is 3. The summed E-state index contributed by atoms with van der Waals surface area (Å²) in [5.41, 5.74) is -0.992. The number of hydrogen-bond donors (Lipinski definition) is 2. The maximum Gasteiger partial charge on any atom is 0.354 e. The number of carbonyl (C=O) groups is 2. The number of pyridine rings is 1. The summed E-state index contributed by atoms with van der Waals surface area (Å²) in [5.74, 6) is -4.12. The molecule has 1 heterocycles. The van der Waals surface area contributed by atoms with E-state index in [9.17, 15) is 18.4 Å². The van der Waals surface area contributed by atoms with Crippen molar-refractivity contribution in [3.63, 3.8) is 0 Å². The summed E-state index contributed by atoms with van der Waals surface area (Å²) < 4.78 is 26.4. The summed E-state index contributed by atoms with van der Waals surface area (Å²) >= 11 is 5.64. The van der Waals surface area contributed by atoms with Crippen LogP contribution in [0, 0.1) is 11.6 Å². The van der Waals surface area contributed by atoms with Crippen molar-refractivity contribution in [2.75, 3.05) is 5.32 Å². The van der Waals surface area contributed by atoms with Gasteiger partial charge in [-0.1, -0.05) is 17.7 Å². The summed E-state index contributed by atoms with van der Waals surface area (Å²) in [5, 5.41) is 10.6. The molecule has 0 radical (unpaired) electrons. The second-order valence-corrected chi connectivity index (χ2v) is 4.32. The molecule has 0 atom stereocenters. The molecule has 0 aliphatic carbocycles. The lowest BCUT2D eigenvalue weighted by atomic mass is 10.2. The highest BCUT2D eigenvalue weighted by molar-refractivity contribution is 6.34. The van der Waals surface area contributed by atoms with Gasteiger partial charge in [-0.15, -0.1) is 0 Å². The first-order valence-corrected chi connectivity index (χ1v) is 5.92. The Morgan fingerprint density at radius 3 is 2.48 bits per heavy atom. The summed E-state index contributed by atoms with van der Waals surface area (Å²) in [6.07, 6.45) is 0. The standard InChI is InChI=1S/C13H7ClF2N2O3/c14-7-4-6(15)5-8(16)11(7)18-12(19)9-2-1-3-10(17-9)13(20)21/h1-5H,(H,18,19)(H,20,21). The van der Waals surface area contributed by atoms with Gasteiger partial charge in [-0.3, -0.25) is 4.79 Å². The second kappa shape index (κ2) is 5.84. The number of amides is 1. The fraction of sp³-hybridized carbons (Fsp3) is 0. The number of nitrogens with one attached hydrogen (secondary N) is 1. The van der Waals surface area contributed by atoms with E-state index in [0.717, 1.165) is 6.07 Å². The predicted molar refractivity (Wildman–Crippen MR) is 70.5 cm³/mol. The Kier molecular flexibility index (Phi) is 4.13. The third kappa shape index (κ3) is 3.32. The van der Waals surface area contributed by atoms with E-state index in [1.807, 2.05) is 0 Å². The van der Waals surface area contributed by atoms with Crippen LogP contribution in [0.1, 0.15) is 21.0 Å². The van der Waals surface area contributed by atoms with Gasteiger partial charge in [-0.25, -0.2) is 18.6 Å². The van der Waals surface area contributed by atoms with E-state index < -0.39 is 29.2 Å². The molecule has 2 aromatic rings. The smallest absolute Gasteiger partial charge is 0.354 e. The second-order valence-electron chi connectivity index (χ2n) is 3.91. The Labute approximate surface area is 122 Å². The van der Waals surface area contributed by atoms with Gasteiger partial charge < -0.3 is 10.4 Å². The number of aromatic carboxylic acids is 1. The van der Waals surface area contributed by atoms with Crippen LogP contribution in [0.25, 0.3) is 0 Å². The predicted octanol–water partition coefficient (Wildman–Crippen LogP) is 2.96. The third-order valence-electron chi connectivity index (χ3n) is 2.45. The van der Waals surface area contributed by atoms with Crippen molar-refractivity contribution in [3.05, 3.63) is 58.4 Å². The Hall–Kier alpha value is -2.54. The molecule has 0 aliphatic heterocycles. The van der Waals surface area contributed by atoms with E-state index in [2.05, 4.69) is 10.3 Å². The molecular formula is C13H7ClF2N2O3. The number of carboxylic acid groups (broad SMARTS) is 1. The number of carboxylic acids is 1. The van der Waals surface area contributed by atoms with Crippen LogP contribution in [0.4, 0.5) is 14.5 Å². The van der Waals surface area contributed by atoms with Crippen molar-refractivity contribution < 1.29 is 23.5 Å². The molecule has 0 saturated carbocycles. The number of nitrogens with zero attached hydrogens (tertiary/aromatic N) is 1. The SMILES string of the molecule is O=C(O)c1cccc(C(=O)Nc2c(F)cc(F)cc2Cl)n1. The molecular weight excluding hydrogens is 306 g/mol. The van der Waals surface area contributed by atoms with E-state index in [0.29, 0.717) is 6.07 Å². The van der Waals surface area contributed by atoms with Crippen molar-refractivity contribution in [1.29, 1.82) is 0 Å². The highest BCUT2D eigenvalue weighted by atomic mass is 35.5. The van der Waals surface area contributed by atoms with Gasteiger partial charge in [-0.2, -0.15) is 0 Å². The van der Waals surface area contributed by atoms with Crippen LogP contribution in [-0.2, 0) is 0 Å². The zero-order chi connectivity index (χ0) is 15.6. The van der Waals surface area contributed by atoms with Gasteiger partial charge in [0, 0.05) is 6.07 Å². The lowest BCUT2D eigenvalue weighted by Crippen LogP contribution is -2.16. The van der Waals surface area contributed by atoms with Gasteiger partial charge in [0.05, 0.1) is 10.7 Å². The highest BCUT2D eigenvalue weighted by Gasteiger charge is 2.16. The summed E-state index contributed by atoms with van der Waals surface area (Å²) in [4.78, 5) is 26.2. The molecule has 1 amide bonds. The van der Waals surface area contributed by atoms with Crippen molar-refractivity contribution in [2.24, 2.45) is 0 Å². The third-order valence-corrected chi connectivity index (χ3v) is 2.74. The molecule has 8 heteroatoms. The molecule has 21 heavy (non-hydrogen) atoms. The number of benzene rings is 1. The molecule has 108 valence electrons. The first-order valence-electron chi connectivity index (χ1n) is 5.54. The van der Waals surface area contributed by atoms with Gasteiger partial charge in [0.15, 0.2) is 5.82 Å². The van der Waals surface area contributed by atoms with E-state index in [-0.39, 0.29) is 16.4 Å². The summed E-state index contributed by atoms with van der Waals surface area (Å²) in [6, 6.07) is 5.15. The van der Waals surface area contributed by atoms with E-state index in [1.54, 1.807) is 0 Å². The minimum atomic E-state index is -1.31. The quantitative estimate of drug-likeness (QED) is 0.913. The topological polar surface area (TPSA) is 79.3 Å². The number of anilines is 1. The van der Waals surface area contributed by atoms with Crippen LogP contribution in [0.5, 0.6) is 0 Å². The zero-order valence-electron chi connectivity index (χ0n) is 10.2. The molecule has 0 aliphatic rings. The van der Waals surface area contributed by atoms with Crippen molar-refractivity contribution in [2.45, 2.75) is 0 Å². The monoisotopic (exact) mass is 312 g/mol. The average molecular weight is 313 g/mol. The van der Waals surface area contributed by atoms with E-state index >= 15 is 0 Å². The Morgan fingerprint density at radius 2 is 1.86 bits per heavy atom. The molecule has 2 rings (SSSR count). The Morgan fingerprint density at radius 1 is 1.19 bits per heavy atom. The van der Waals surface area contributed by atoms with Crippen LogP contribution in [0.15, 0.2) is 30.3 Å². The highest BCUT2D eigenvalue weighted by Crippen LogP contribution is 2.26. The van der Waals surface area contributed by atoms with Gasteiger partial charge in [0.2, 0.25) is 0 Å². The fourth-order valence-corrected chi connectivity index (χ4v) is 1.76. The van der Waals surface area contributed by atoms with Crippen molar-refractivity contribution >= 4 is 29.2 Å². The maximum absolute atomic E-state index is 13.5. The van der Waals surface area contributed by atoms with Crippen LogP contribution < -0.4 is 5.32 Å². The number of carbonyl (C=O) groups excluding carboxylic acids is 1. The summed E-state index contributed by atoms with van der Waals surface area (Å²) in [6.45, 7) is 0. The average Bonchev–Trinajstić information content (AvgIpc) is 2.42. The van der Waals surface area contributed by atoms with E-state index in [4.69, 9.17) is 16.7 Å². The Balaban J connectivity index is 2.30. The molecule has 5 nitrogen and oxygen atoms in total. The normalized spacial score (nSPS) is 10.2. The molecule has 0 spiro atoms. The Bertz CT molecular complexity index is 714. The molecule has 1 aromatic heterocycles. The van der Waals surface area contributed by atoms with Gasteiger partial charge in [0.25, 0.3) is 5.91 Å². The van der Waals surface area contributed by atoms with Gasteiger partial charge in [-0.05, 0) is 18.2 Å². The molecule has 1 aromatic carbocycles. The molecule has 2 N–H and O–H groups in total. The summed E-state index contributed by atoms with van der Waals surface area (Å²) in [7, 11) is 0. The van der Waals surface area contributed by atoms with E-state index in [1.165, 1.54) is 18.2 Å². The van der Waals surface area contributed by atoms with Gasteiger partial charge in [0.1, 0.15) is 17.2 Å². The lowest BCUT2D eigenvalue weighted by Gasteiger charge is -2.08. The zero-order valence-corrected chi connectivity index (χ0v) is 11.0. The lowest BCUT2D eigenvalue weighted by molar-refractivity contribution is 0.0690. The molecule has 0 fully saturated rings. The van der Waals surface area contributed by atoms with Crippen LogP contribution in [-0.4, -0.2) is 22.0 Å². The number of aromatic nitrogens is 1. The van der Waals surface area contributed by atoms with Crippen LogP contribution >= 0.6 is 11.6 Å². The van der Waals surface area contributed by atoms with Gasteiger partial charge >= 0.3 is 5.97 Å². The maximum atomic E-state index is 13.5. The van der Waals surface area contributed by atoms with Crippen molar-refractivity contribution in [1.82, 2.24) is 4.98 Å². The molecule has 0 saturated heterocycles. The minimum Gasteiger partial charge on any atom is -0.477 e. The molecule has 0 unspecified atom stereocenters. The van der Waals surface area contributed by atoms with Crippen LogP contribution in [0.3, 0.4) is 0 Å². The number of rotatable bonds is 3. The number of hydrogen-bond acceptors (Lipinski definition) is 3. The van der Waals surface area contributed by atoms with Crippen molar-refractivity contribution in [3.8, 4) is 0 Å². The fourth-order valence-electron chi connectivity index (χ4n) is 1.52. The largest absolute Gasteiger partial charge is 0.477 e.